The number of halogens is 2. The summed E-state index contributed by atoms with van der Waals surface area (Å²) in [6, 6.07) is 3.97. The van der Waals surface area contributed by atoms with E-state index in [1.165, 1.54) is 30.0 Å². The van der Waals surface area contributed by atoms with Gasteiger partial charge >= 0.3 is 5.97 Å². The minimum Gasteiger partial charge on any atom is -0.479 e. The van der Waals surface area contributed by atoms with Crippen LogP contribution in [0.5, 0.6) is 0 Å². The van der Waals surface area contributed by atoms with E-state index in [1.54, 1.807) is 6.92 Å². The van der Waals surface area contributed by atoms with Gasteiger partial charge in [-0.2, -0.15) is 0 Å². The molecule has 0 bridgehead atoms. The maximum atomic E-state index is 13.2. The summed E-state index contributed by atoms with van der Waals surface area (Å²) in [6.45, 7) is 1.37. The van der Waals surface area contributed by atoms with Gasteiger partial charge in [0, 0.05) is 7.11 Å². The lowest BCUT2D eigenvalue weighted by molar-refractivity contribution is -0.148. The summed E-state index contributed by atoms with van der Waals surface area (Å²) >= 11 is 5.73. The number of carboxylic acids is 1. The van der Waals surface area contributed by atoms with Crippen LogP contribution in [-0.4, -0.2) is 51.7 Å². The maximum Gasteiger partial charge on any atom is 0.334 e. The molecule has 0 aliphatic heterocycles. The lowest BCUT2D eigenvalue weighted by atomic mass is 10.2. The molecule has 0 spiro atoms. The number of amides is 1. The minimum absolute atomic E-state index is 0.00990. The molecule has 0 saturated carbocycles. The van der Waals surface area contributed by atoms with Gasteiger partial charge in [-0.1, -0.05) is 16.8 Å². The first-order valence-electron chi connectivity index (χ1n) is 6.76. The van der Waals surface area contributed by atoms with E-state index in [-0.39, 0.29) is 17.3 Å². The summed E-state index contributed by atoms with van der Waals surface area (Å²) < 4.78 is 19.3. The molecular formula is C14H14ClFN4O4. The quantitative estimate of drug-likeness (QED) is 0.805. The van der Waals surface area contributed by atoms with Crippen molar-refractivity contribution in [1.82, 2.24) is 20.3 Å². The van der Waals surface area contributed by atoms with Crippen molar-refractivity contribution in [1.29, 1.82) is 0 Å². The number of nitrogens with zero attached hydrogens (tertiary/aromatic N) is 3. The fourth-order valence-corrected chi connectivity index (χ4v) is 2.12. The molecular weight excluding hydrogens is 343 g/mol. The summed E-state index contributed by atoms with van der Waals surface area (Å²) in [6.07, 6.45) is -1.17. The molecule has 2 N–H and O–H groups in total. The second kappa shape index (κ2) is 7.37. The predicted octanol–water partition coefficient (Wildman–Crippen LogP) is 1.20. The molecule has 0 saturated heterocycles. The lowest BCUT2D eigenvalue weighted by Gasteiger charge is -2.11. The van der Waals surface area contributed by atoms with Crippen LogP contribution in [0.4, 0.5) is 4.39 Å². The first-order valence-corrected chi connectivity index (χ1v) is 7.14. The fraction of sp³-hybridized carbons (Fsp3) is 0.286. The van der Waals surface area contributed by atoms with Crippen LogP contribution in [0.2, 0.25) is 5.02 Å². The molecule has 1 amide bonds. The van der Waals surface area contributed by atoms with Crippen LogP contribution in [0.1, 0.15) is 16.2 Å². The number of aromatic nitrogens is 3. The van der Waals surface area contributed by atoms with Crippen molar-refractivity contribution >= 4 is 23.5 Å². The first kappa shape index (κ1) is 17.8. The topological polar surface area (TPSA) is 106 Å². The zero-order valence-electron chi connectivity index (χ0n) is 12.8. The van der Waals surface area contributed by atoms with Crippen molar-refractivity contribution in [3.63, 3.8) is 0 Å². The van der Waals surface area contributed by atoms with Gasteiger partial charge in [0.15, 0.2) is 11.8 Å². The van der Waals surface area contributed by atoms with Gasteiger partial charge in [0.25, 0.3) is 5.91 Å². The number of methoxy groups -OCH3 is 1. The number of aliphatic carboxylic acids is 1. The Hall–Kier alpha value is -2.52. The molecule has 0 radical (unpaired) electrons. The summed E-state index contributed by atoms with van der Waals surface area (Å²) in [5.41, 5.74) is 0.834. The van der Waals surface area contributed by atoms with Crippen molar-refractivity contribution in [2.45, 2.75) is 13.0 Å². The van der Waals surface area contributed by atoms with Crippen molar-refractivity contribution in [2.24, 2.45) is 0 Å². The smallest absolute Gasteiger partial charge is 0.334 e. The Labute approximate surface area is 141 Å². The third-order valence-electron chi connectivity index (χ3n) is 3.27. The van der Waals surface area contributed by atoms with Crippen molar-refractivity contribution in [3.05, 3.63) is 40.4 Å². The molecule has 8 nitrogen and oxygen atoms in total. The Morgan fingerprint density at radius 3 is 2.79 bits per heavy atom. The van der Waals surface area contributed by atoms with Crippen LogP contribution in [0.25, 0.3) is 5.69 Å². The molecule has 24 heavy (non-hydrogen) atoms. The zero-order valence-corrected chi connectivity index (χ0v) is 13.5. The molecule has 1 heterocycles. The van der Waals surface area contributed by atoms with Gasteiger partial charge in [-0.3, -0.25) is 4.79 Å². The fourth-order valence-electron chi connectivity index (χ4n) is 1.94. The molecule has 2 rings (SSSR count). The highest BCUT2D eigenvalue weighted by Crippen LogP contribution is 2.20. The molecule has 1 atom stereocenters. The number of hydrogen-bond acceptors (Lipinski definition) is 5. The molecule has 0 fully saturated rings. The van der Waals surface area contributed by atoms with Crippen LogP contribution in [0.3, 0.4) is 0 Å². The van der Waals surface area contributed by atoms with Gasteiger partial charge in [0.2, 0.25) is 0 Å². The standard InChI is InChI=1S/C14H14ClFN4O4/c1-7-12(13(21)17-6-11(24-2)14(22)23)18-19-20(7)8-3-4-10(16)9(15)5-8/h3-5,11H,6H2,1-2H3,(H,17,21)(H,22,23). The molecule has 10 heteroatoms. The highest BCUT2D eigenvalue weighted by Gasteiger charge is 2.21. The van der Waals surface area contributed by atoms with Gasteiger partial charge in [-0.25, -0.2) is 13.9 Å². The summed E-state index contributed by atoms with van der Waals surface area (Å²) in [7, 11) is 1.23. The molecule has 0 aliphatic rings. The minimum atomic E-state index is -1.20. The van der Waals surface area contributed by atoms with Crippen molar-refractivity contribution in [3.8, 4) is 5.69 Å². The highest BCUT2D eigenvalue weighted by molar-refractivity contribution is 6.30. The number of carbonyl (C=O) groups is 2. The van der Waals surface area contributed by atoms with E-state index in [1.807, 2.05) is 0 Å². The molecule has 1 aromatic carbocycles. The Bertz CT molecular complexity index is 780. The Balaban J connectivity index is 2.18. The highest BCUT2D eigenvalue weighted by atomic mass is 35.5. The van der Waals surface area contributed by atoms with Crippen LogP contribution in [0.15, 0.2) is 18.2 Å². The maximum absolute atomic E-state index is 13.2. The zero-order chi connectivity index (χ0) is 17.9. The van der Waals surface area contributed by atoms with Gasteiger partial charge < -0.3 is 15.2 Å². The number of carboxylic acid groups (broad SMARTS) is 1. The molecule has 1 unspecified atom stereocenters. The molecule has 0 aliphatic carbocycles. The number of rotatable bonds is 6. The lowest BCUT2D eigenvalue weighted by Crippen LogP contribution is -2.38. The van der Waals surface area contributed by atoms with E-state index >= 15 is 0 Å². The monoisotopic (exact) mass is 356 g/mol. The van der Waals surface area contributed by atoms with E-state index in [0.717, 1.165) is 0 Å². The molecule has 2 aromatic rings. The SMILES string of the molecule is COC(CNC(=O)c1nnn(-c2ccc(F)c(Cl)c2)c1C)C(=O)O. The van der Waals surface area contributed by atoms with Crippen LogP contribution in [0, 0.1) is 12.7 Å². The summed E-state index contributed by atoms with van der Waals surface area (Å²) in [5, 5.41) is 18.8. The van der Waals surface area contributed by atoms with Crippen LogP contribution >= 0.6 is 11.6 Å². The van der Waals surface area contributed by atoms with Gasteiger partial charge in [-0.05, 0) is 25.1 Å². The summed E-state index contributed by atoms with van der Waals surface area (Å²) in [4.78, 5) is 23.0. The average molecular weight is 357 g/mol. The number of hydrogen-bond donors (Lipinski definition) is 2. The van der Waals surface area contributed by atoms with E-state index in [2.05, 4.69) is 15.6 Å². The van der Waals surface area contributed by atoms with Crippen LogP contribution in [-0.2, 0) is 9.53 Å². The van der Waals surface area contributed by atoms with Gasteiger partial charge in [-0.15, -0.1) is 5.10 Å². The average Bonchev–Trinajstić information content (AvgIpc) is 2.92. The Morgan fingerprint density at radius 1 is 1.50 bits per heavy atom. The second-order valence-electron chi connectivity index (χ2n) is 4.81. The molecule has 128 valence electrons. The molecule has 1 aromatic heterocycles. The van der Waals surface area contributed by atoms with E-state index in [0.29, 0.717) is 11.4 Å². The third-order valence-corrected chi connectivity index (χ3v) is 3.56. The van der Waals surface area contributed by atoms with E-state index < -0.39 is 23.8 Å². The largest absolute Gasteiger partial charge is 0.479 e. The van der Waals surface area contributed by atoms with Crippen molar-refractivity contribution in [2.75, 3.05) is 13.7 Å². The van der Waals surface area contributed by atoms with E-state index in [9.17, 15) is 14.0 Å². The Morgan fingerprint density at radius 2 is 2.21 bits per heavy atom. The van der Waals surface area contributed by atoms with Crippen molar-refractivity contribution < 1.29 is 23.8 Å². The van der Waals surface area contributed by atoms with Gasteiger partial charge in [0.1, 0.15) is 5.82 Å². The van der Waals surface area contributed by atoms with Crippen LogP contribution < -0.4 is 5.32 Å². The predicted molar refractivity (Wildman–Crippen MR) is 81.8 cm³/mol. The second-order valence-corrected chi connectivity index (χ2v) is 5.21. The number of ether oxygens (including phenoxy) is 1. The van der Waals surface area contributed by atoms with E-state index in [4.69, 9.17) is 21.4 Å². The van der Waals surface area contributed by atoms with Gasteiger partial charge in [0.05, 0.1) is 22.9 Å². The summed E-state index contributed by atoms with van der Waals surface area (Å²) in [5.74, 6) is -2.37. The normalized spacial score (nSPS) is 12.0. The number of carbonyl (C=O) groups excluding carboxylic acids is 1. The number of benzene rings is 1. The first-order chi connectivity index (χ1) is 11.3. The number of nitrogens with one attached hydrogen (secondary N) is 1. The Kier molecular flexibility index (Phi) is 5.47. The third kappa shape index (κ3) is 3.69.